The van der Waals surface area contributed by atoms with Gasteiger partial charge in [0.1, 0.15) is 6.04 Å². The summed E-state index contributed by atoms with van der Waals surface area (Å²) in [6.07, 6.45) is 2.01. The first-order valence-electron chi connectivity index (χ1n) is 4.91. The number of hydrogen-bond donors (Lipinski definition) is 0. The molecule has 0 spiro atoms. The highest BCUT2D eigenvalue weighted by Crippen LogP contribution is 2.11. The third kappa shape index (κ3) is 2.00. The number of nitrogens with zero attached hydrogens (tertiary/aromatic N) is 2. The van der Waals surface area contributed by atoms with Crippen LogP contribution in [-0.2, 0) is 9.53 Å². The van der Waals surface area contributed by atoms with Crippen LogP contribution in [0.4, 0.5) is 0 Å². The summed E-state index contributed by atoms with van der Waals surface area (Å²) in [6.45, 7) is 3.70. The van der Waals surface area contributed by atoms with Crippen LogP contribution >= 0.6 is 0 Å². The van der Waals surface area contributed by atoms with E-state index in [0.29, 0.717) is 13.2 Å². The highest BCUT2D eigenvalue weighted by molar-refractivity contribution is 5.82. The third-order valence-corrected chi connectivity index (χ3v) is 2.59. The van der Waals surface area contributed by atoms with Gasteiger partial charge in [0.15, 0.2) is 0 Å². The van der Waals surface area contributed by atoms with Crippen LogP contribution in [0, 0.1) is 0 Å². The summed E-state index contributed by atoms with van der Waals surface area (Å²) in [5.74, 6) is 0.209. The number of ether oxygens (including phenoxy) is 1. The number of amides is 1. The summed E-state index contributed by atoms with van der Waals surface area (Å²) in [7, 11) is 0. The van der Waals surface area contributed by atoms with Gasteiger partial charge in [0, 0.05) is 19.6 Å². The fourth-order valence-electron chi connectivity index (χ4n) is 1.82. The Bertz CT molecular complexity index is 184. The van der Waals surface area contributed by atoms with Crippen molar-refractivity contribution in [2.24, 2.45) is 0 Å². The van der Waals surface area contributed by atoms with Crippen LogP contribution in [0.5, 0.6) is 0 Å². The minimum atomic E-state index is -0.0434. The molecule has 2 aliphatic rings. The van der Waals surface area contributed by atoms with Gasteiger partial charge in [0.2, 0.25) is 5.91 Å². The second kappa shape index (κ2) is 4.07. The standard InChI is InChI=1S/C9H15N2O2/c12-9(8-2-1-3-10-8)11-4-6-13-7-5-11/h8H,1-7H2. The van der Waals surface area contributed by atoms with E-state index in [-0.39, 0.29) is 11.9 Å². The van der Waals surface area contributed by atoms with Gasteiger partial charge in [-0.05, 0) is 12.8 Å². The average molecular weight is 183 g/mol. The van der Waals surface area contributed by atoms with Crippen molar-refractivity contribution in [1.29, 1.82) is 0 Å². The molecule has 2 saturated heterocycles. The minimum absolute atomic E-state index is 0.0434. The first kappa shape index (κ1) is 8.97. The Morgan fingerprint density at radius 2 is 2.15 bits per heavy atom. The Hall–Kier alpha value is -0.610. The molecule has 13 heavy (non-hydrogen) atoms. The summed E-state index contributed by atoms with van der Waals surface area (Å²) >= 11 is 0. The summed E-state index contributed by atoms with van der Waals surface area (Å²) in [5.41, 5.74) is 0. The molecule has 0 aromatic heterocycles. The SMILES string of the molecule is O=C(C1CCC[N]1)N1CCOCC1. The number of rotatable bonds is 1. The molecule has 0 bridgehead atoms. The van der Waals surface area contributed by atoms with Gasteiger partial charge in [-0.25, -0.2) is 5.32 Å². The molecule has 73 valence electrons. The van der Waals surface area contributed by atoms with Gasteiger partial charge in [0.25, 0.3) is 0 Å². The van der Waals surface area contributed by atoms with Crippen molar-refractivity contribution in [3.05, 3.63) is 0 Å². The number of morpholine rings is 1. The van der Waals surface area contributed by atoms with Crippen molar-refractivity contribution in [3.63, 3.8) is 0 Å². The molecule has 1 amide bonds. The highest BCUT2D eigenvalue weighted by Gasteiger charge is 2.28. The van der Waals surface area contributed by atoms with Crippen molar-refractivity contribution in [1.82, 2.24) is 10.2 Å². The first-order chi connectivity index (χ1) is 6.38. The number of hydrogen-bond acceptors (Lipinski definition) is 2. The number of carbonyl (C=O) groups excluding carboxylic acids is 1. The molecular weight excluding hydrogens is 168 g/mol. The zero-order valence-electron chi connectivity index (χ0n) is 7.74. The second-order valence-corrected chi connectivity index (χ2v) is 3.50. The monoisotopic (exact) mass is 183 g/mol. The molecule has 0 saturated carbocycles. The molecule has 0 aromatic carbocycles. The molecule has 2 heterocycles. The quantitative estimate of drug-likeness (QED) is 0.556. The van der Waals surface area contributed by atoms with Gasteiger partial charge in [-0.1, -0.05) is 0 Å². The van der Waals surface area contributed by atoms with Gasteiger partial charge in [-0.3, -0.25) is 4.79 Å². The second-order valence-electron chi connectivity index (χ2n) is 3.50. The summed E-state index contributed by atoms with van der Waals surface area (Å²) in [6, 6.07) is -0.0434. The van der Waals surface area contributed by atoms with Gasteiger partial charge in [0.05, 0.1) is 13.2 Å². The zero-order chi connectivity index (χ0) is 9.10. The molecule has 0 aliphatic carbocycles. The van der Waals surface area contributed by atoms with Crippen LogP contribution in [0.15, 0.2) is 0 Å². The minimum Gasteiger partial charge on any atom is -0.378 e. The predicted molar refractivity (Wildman–Crippen MR) is 47.4 cm³/mol. The third-order valence-electron chi connectivity index (χ3n) is 2.59. The molecule has 1 unspecified atom stereocenters. The lowest BCUT2D eigenvalue weighted by Gasteiger charge is -2.28. The molecule has 2 fully saturated rings. The van der Waals surface area contributed by atoms with Gasteiger partial charge in [-0.15, -0.1) is 0 Å². The molecule has 0 aromatic rings. The van der Waals surface area contributed by atoms with E-state index in [0.717, 1.165) is 32.5 Å². The molecular formula is C9H15N2O2. The van der Waals surface area contributed by atoms with E-state index in [1.54, 1.807) is 0 Å². The van der Waals surface area contributed by atoms with E-state index < -0.39 is 0 Å². The van der Waals surface area contributed by atoms with Crippen LogP contribution in [-0.4, -0.2) is 49.7 Å². The van der Waals surface area contributed by atoms with E-state index >= 15 is 0 Å². The molecule has 0 N–H and O–H groups in total. The molecule has 4 nitrogen and oxygen atoms in total. The first-order valence-corrected chi connectivity index (χ1v) is 4.91. The van der Waals surface area contributed by atoms with E-state index in [9.17, 15) is 4.79 Å². The zero-order valence-corrected chi connectivity index (χ0v) is 7.74. The average Bonchev–Trinajstić information content (AvgIpc) is 2.71. The van der Waals surface area contributed by atoms with E-state index in [4.69, 9.17) is 4.74 Å². The van der Waals surface area contributed by atoms with E-state index in [1.807, 2.05) is 4.90 Å². The largest absolute Gasteiger partial charge is 0.378 e. The summed E-state index contributed by atoms with van der Waals surface area (Å²) in [5, 5.41) is 4.28. The molecule has 2 aliphatic heterocycles. The Morgan fingerprint density at radius 1 is 1.38 bits per heavy atom. The van der Waals surface area contributed by atoms with Crippen molar-refractivity contribution in [3.8, 4) is 0 Å². The fourth-order valence-corrected chi connectivity index (χ4v) is 1.82. The lowest BCUT2D eigenvalue weighted by atomic mass is 10.2. The van der Waals surface area contributed by atoms with Gasteiger partial charge in [-0.2, -0.15) is 0 Å². The molecule has 1 radical (unpaired) electrons. The molecule has 1 atom stereocenters. The van der Waals surface area contributed by atoms with Crippen LogP contribution in [0.25, 0.3) is 0 Å². The van der Waals surface area contributed by atoms with Crippen LogP contribution in [0.2, 0.25) is 0 Å². The van der Waals surface area contributed by atoms with Crippen molar-refractivity contribution < 1.29 is 9.53 Å². The normalized spacial score (nSPS) is 29.2. The van der Waals surface area contributed by atoms with E-state index in [2.05, 4.69) is 5.32 Å². The van der Waals surface area contributed by atoms with Crippen molar-refractivity contribution in [2.75, 3.05) is 32.8 Å². The maximum absolute atomic E-state index is 11.8. The van der Waals surface area contributed by atoms with Crippen molar-refractivity contribution in [2.45, 2.75) is 18.9 Å². The molecule has 2 rings (SSSR count). The lowest BCUT2D eigenvalue weighted by Crippen LogP contribution is -2.46. The lowest BCUT2D eigenvalue weighted by molar-refractivity contribution is -0.137. The Kier molecular flexibility index (Phi) is 2.80. The van der Waals surface area contributed by atoms with Crippen LogP contribution < -0.4 is 5.32 Å². The smallest absolute Gasteiger partial charge is 0.241 e. The Balaban J connectivity index is 1.87. The topological polar surface area (TPSA) is 43.6 Å². The summed E-state index contributed by atoms with van der Waals surface area (Å²) < 4.78 is 5.19. The van der Waals surface area contributed by atoms with E-state index in [1.165, 1.54) is 0 Å². The predicted octanol–water partition coefficient (Wildman–Crippen LogP) is -0.388. The van der Waals surface area contributed by atoms with Crippen LogP contribution in [0.1, 0.15) is 12.8 Å². The highest BCUT2D eigenvalue weighted by atomic mass is 16.5. The number of carbonyl (C=O) groups is 1. The van der Waals surface area contributed by atoms with Crippen LogP contribution in [0.3, 0.4) is 0 Å². The van der Waals surface area contributed by atoms with Crippen molar-refractivity contribution >= 4 is 5.91 Å². The Labute approximate surface area is 78.2 Å². The maximum atomic E-state index is 11.8. The Morgan fingerprint density at radius 3 is 2.77 bits per heavy atom. The van der Waals surface area contributed by atoms with Gasteiger partial charge >= 0.3 is 0 Å². The summed E-state index contributed by atoms with van der Waals surface area (Å²) in [4.78, 5) is 13.7. The van der Waals surface area contributed by atoms with Gasteiger partial charge < -0.3 is 9.64 Å². The molecule has 4 heteroatoms. The fraction of sp³-hybridized carbons (Fsp3) is 0.889. The maximum Gasteiger partial charge on any atom is 0.241 e.